The molecule has 0 bridgehead atoms. The van der Waals surface area contributed by atoms with Crippen molar-refractivity contribution >= 4 is 16.6 Å². The number of hydrogen-bond acceptors (Lipinski definition) is 7. The van der Waals surface area contributed by atoms with E-state index in [0.29, 0.717) is 6.10 Å². The zero-order valence-corrected chi connectivity index (χ0v) is 17.8. The number of hydrogen-bond donors (Lipinski definition) is 0. The molecule has 7 nitrogen and oxygen atoms in total. The first kappa shape index (κ1) is 20.0. The highest BCUT2D eigenvalue weighted by molar-refractivity contribution is 5.86. The Balaban J connectivity index is 1.21. The number of morpholine rings is 1. The average Bonchev–Trinajstić information content (AvgIpc) is 3.32. The third kappa shape index (κ3) is 4.68. The normalized spacial score (nSPS) is 22.1. The maximum atomic E-state index is 6.25. The highest BCUT2D eigenvalue weighted by Crippen LogP contribution is 2.30. The summed E-state index contributed by atoms with van der Waals surface area (Å²) in [4.78, 5) is 16.5. The van der Waals surface area contributed by atoms with Gasteiger partial charge >= 0.3 is 0 Å². The lowest BCUT2D eigenvalue weighted by Crippen LogP contribution is -2.49. The van der Waals surface area contributed by atoms with E-state index in [1.807, 2.05) is 0 Å². The van der Waals surface area contributed by atoms with E-state index in [1.165, 1.54) is 18.5 Å². The van der Waals surface area contributed by atoms with Crippen LogP contribution < -0.4 is 9.64 Å². The van der Waals surface area contributed by atoms with Crippen molar-refractivity contribution in [1.82, 2.24) is 19.8 Å². The Bertz CT molecular complexity index is 827. The second-order valence-corrected chi connectivity index (χ2v) is 8.69. The van der Waals surface area contributed by atoms with E-state index in [1.54, 1.807) is 6.33 Å². The van der Waals surface area contributed by atoms with Crippen molar-refractivity contribution in [2.24, 2.45) is 0 Å². The molecule has 2 aliphatic heterocycles. The fourth-order valence-corrected chi connectivity index (χ4v) is 4.81. The third-order valence-electron chi connectivity index (χ3n) is 6.74. The van der Waals surface area contributed by atoms with E-state index in [2.05, 4.69) is 42.9 Å². The Hall–Kier alpha value is -1.96. The minimum Gasteiger partial charge on any atom is -0.474 e. The van der Waals surface area contributed by atoms with Gasteiger partial charge in [-0.3, -0.25) is 9.80 Å². The molecule has 0 N–H and O–H groups in total. The number of fused-ring (bicyclic) bond motifs is 1. The van der Waals surface area contributed by atoms with Crippen LogP contribution in [-0.2, 0) is 4.74 Å². The fourth-order valence-electron chi connectivity index (χ4n) is 4.81. The van der Waals surface area contributed by atoms with Crippen LogP contribution in [0.2, 0.25) is 0 Å². The molecule has 0 unspecified atom stereocenters. The predicted octanol–water partition coefficient (Wildman–Crippen LogP) is 2.41. The summed E-state index contributed by atoms with van der Waals surface area (Å²) in [6.07, 6.45) is 6.72. The van der Waals surface area contributed by atoms with Crippen LogP contribution in [0.15, 0.2) is 24.5 Å². The minimum absolute atomic E-state index is 0.307. The predicted molar refractivity (Wildman–Crippen MR) is 118 cm³/mol. The zero-order chi connectivity index (χ0) is 20.2. The molecule has 5 rings (SSSR count). The molecule has 1 saturated carbocycles. The van der Waals surface area contributed by atoms with Gasteiger partial charge in [0.25, 0.3) is 0 Å². The van der Waals surface area contributed by atoms with Crippen LogP contribution in [0.5, 0.6) is 5.88 Å². The van der Waals surface area contributed by atoms with Gasteiger partial charge in [-0.15, -0.1) is 0 Å². The first-order valence-electron chi connectivity index (χ1n) is 11.5. The standard InChI is InChI=1S/C23H33N5O2/c1-2-4-20(3-1)30-23-21-17-19(5-6-22(21)24-18-25-23)28-11-9-26(10-12-28)7-8-27-13-15-29-16-14-27/h5-6,17-18,20H,1-4,7-16H2. The van der Waals surface area contributed by atoms with E-state index in [4.69, 9.17) is 9.47 Å². The van der Waals surface area contributed by atoms with Crippen LogP contribution in [-0.4, -0.2) is 91.4 Å². The lowest BCUT2D eigenvalue weighted by atomic mass is 10.2. The summed E-state index contributed by atoms with van der Waals surface area (Å²) in [5.41, 5.74) is 2.22. The van der Waals surface area contributed by atoms with Crippen molar-refractivity contribution in [1.29, 1.82) is 0 Å². The van der Waals surface area contributed by atoms with Gasteiger partial charge in [0.1, 0.15) is 12.4 Å². The van der Waals surface area contributed by atoms with Crippen LogP contribution in [0.4, 0.5) is 5.69 Å². The van der Waals surface area contributed by atoms with Gasteiger partial charge in [0.05, 0.1) is 24.1 Å². The van der Waals surface area contributed by atoms with Gasteiger partial charge in [0.15, 0.2) is 0 Å². The molecule has 2 aromatic rings. The lowest BCUT2D eigenvalue weighted by Gasteiger charge is -2.37. The summed E-state index contributed by atoms with van der Waals surface area (Å²) in [7, 11) is 0. The fraction of sp³-hybridized carbons (Fsp3) is 0.652. The topological polar surface area (TPSA) is 54.0 Å². The average molecular weight is 412 g/mol. The van der Waals surface area contributed by atoms with Gasteiger partial charge in [-0.1, -0.05) is 0 Å². The van der Waals surface area contributed by atoms with Crippen LogP contribution in [0.25, 0.3) is 10.9 Å². The third-order valence-corrected chi connectivity index (χ3v) is 6.74. The molecule has 2 saturated heterocycles. The van der Waals surface area contributed by atoms with E-state index in [9.17, 15) is 0 Å². The van der Waals surface area contributed by atoms with Crippen molar-refractivity contribution in [3.63, 3.8) is 0 Å². The molecule has 0 amide bonds. The van der Waals surface area contributed by atoms with Gasteiger partial charge in [0.2, 0.25) is 5.88 Å². The molecule has 3 heterocycles. The molecule has 1 aromatic carbocycles. The Morgan fingerprint density at radius 2 is 1.63 bits per heavy atom. The van der Waals surface area contributed by atoms with Gasteiger partial charge in [-0.2, -0.15) is 0 Å². The largest absolute Gasteiger partial charge is 0.474 e. The van der Waals surface area contributed by atoms with Crippen molar-refractivity contribution in [2.75, 3.05) is 70.5 Å². The molecular weight excluding hydrogens is 378 g/mol. The summed E-state index contributed by atoms with van der Waals surface area (Å²) < 4.78 is 11.7. The molecule has 162 valence electrons. The smallest absolute Gasteiger partial charge is 0.224 e. The van der Waals surface area contributed by atoms with E-state index < -0.39 is 0 Å². The zero-order valence-electron chi connectivity index (χ0n) is 17.8. The molecule has 0 radical (unpaired) electrons. The first-order chi connectivity index (χ1) is 14.8. The minimum atomic E-state index is 0.307. The number of piperazine rings is 1. The molecule has 3 fully saturated rings. The highest BCUT2D eigenvalue weighted by Gasteiger charge is 2.21. The Morgan fingerprint density at radius 3 is 2.40 bits per heavy atom. The summed E-state index contributed by atoms with van der Waals surface area (Å²) in [5.74, 6) is 0.748. The molecule has 7 heteroatoms. The lowest BCUT2D eigenvalue weighted by molar-refractivity contribution is 0.0331. The highest BCUT2D eigenvalue weighted by atomic mass is 16.5. The van der Waals surface area contributed by atoms with Gasteiger partial charge in [-0.05, 0) is 43.9 Å². The SMILES string of the molecule is c1nc(OC2CCCC2)c2cc(N3CCN(CCN4CCOCC4)CC3)ccc2n1. The maximum Gasteiger partial charge on any atom is 0.224 e. The van der Waals surface area contributed by atoms with Gasteiger partial charge in [-0.25, -0.2) is 9.97 Å². The number of benzene rings is 1. The second kappa shape index (κ2) is 9.45. The van der Waals surface area contributed by atoms with Gasteiger partial charge in [0, 0.05) is 58.0 Å². The van der Waals surface area contributed by atoms with Crippen LogP contribution in [0.1, 0.15) is 25.7 Å². The molecular formula is C23H33N5O2. The Labute approximate surface area is 179 Å². The monoisotopic (exact) mass is 411 g/mol. The summed E-state index contributed by atoms with van der Waals surface area (Å²) >= 11 is 0. The van der Waals surface area contributed by atoms with Crippen LogP contribution in [0.3, 0.4) is 0 Å². The molecule has 1 aliphatic carbocycles. The second-order valence-electron chi connectivity index (χ2n) is 8.69. The van der Waals surface area contributed by atoms with E-state index >= 15 is 0 Å². The Kier molecular flexibility index (Phi) is 6.29. The van der Waals surface area contributed by atoms with Crippen molar-refractivity contribution in [3.8, 4) is 5.88 Å². The summed E-state index contributed by atoms with van der Waals surface area (Å²) in [6, 6.07) is 6.53. The molecule has 0 spiro atoms. The van der Waals surface area contributed by atoms with Crippen molar-refractivity contribution in [2.45, 2.75) is 31.8 Å². The number of ether oxygens (including phenoxy) is 2. The van der Waals surface area contributed by atoms with Crippen LogP contribution in [0, 0.1) is 0 Å². The number of nitrogens with zero attached hydrogens (tertiary/aromatic N) is 5. The van der Waals surface area contributed by atoms with Gasteiger partial charge < -0.3 is 14.4 Å². The summed E-state index contributed by atoms with van der Waals surface area (Å²) in [6.45, 7) is 10.5. The molecule has 1 aromatic heterocycles. The number of anilines is 1. The maximum absolute atomic E-state index is 6.25. The molecule has 3 aliphatic rings. The molecule has 0 atom stereocenters. The van der Waals surface area contributed by atoms with E-state index in [0.717, 1.165) is 95.2 Å². The van der Waals surface area contributed by atoms with Crippen LogP contribution >= 0.6 is 0 Å². The van der Waals surface area contributed by atoms with Crippen molar-refractivity contribution < 1.29 is 9.47 Å². The number of rotatable bonds is 6. The summed E-state index contributed by atoms with van der Waals surface area (Å²) in [5, 5.41) is 1.04. The number of aromatic nitrogens is 2. The molecule has 30 heavy (non-hydrogen) atoms. The van der Waals surface area contributed by atoms with Crippen molar-refractivity contribution in [3.05, 3.63) is 24.5 Å². The van der Waals surface area contributed by atoms with E-state index in [-0.39, 0.29) is 0 Å². The quantitative estimate of drug-likeness (QED) is 0.723. The first-order valence-corrected chi connectivity index (χ1v) is 11.5. The Morgan fingerprint density at radius 1 is 0.900 bits per heavy atom.